The lowest BCUT2D eigenvalue weighted by atomic mass is 9.77. The molecule has 1 saturated heterocycles. The van der Waals surface area contributed by atoms with Crippen LogP contribution in [0.25, 0.3) is 0 Å². The van der Waals surface area contributed by atoms with Crippen LogP contribution in [-0.2, 0) is 4.79 Å². The zero-order valence-electron chi connectivity index (χ0n) is 12.6. The molecule has 3 unspecified atom stereocenters. The first-order valence-electron chi connectivity index (χ1n) is 8.01. The maximum absolute atomic E-state index is 12.7. The predicted octanol–water partition coefficient (Wildman–Crippen LogP) is 0.277. The Kier molecular flexibility index (Phi) is 5.81. The number of β-amino-alcohol motifs (C(OH)–C–C–N with tert-alkyl or cyclic N) is 1. The largest absolute Gasteiger partial charge is 0.395 e. The lowest BCUT2D eigenvalue weighted by molar-refractivity contribution is -0.137. The number of hydrogen-bond donors (Lipinski definition) is 2. The zero-order valence-corrected chi connectivity index (χ0v) is 12.6. The van der Waals surface area contributed by atoms with Gasteiger partial charge in [-0.3, -0.25) is 9.69 Å². The first-order chi connectivity index (χ1) is 9.63. The fraction of sp³-hybridized carbons (Fsp3) is 0.933. The second-order valence-corrected chi connectivity index (χ2v) is 6.34. The van der Waals surface area contributed by atoms with Gasteiger partial charge >= 0.3 is 0 Å². The number of aliphatic hydroxyl groups excluding tert-OH is 1. The number of amides is 1. The maximum Gasteiger partial charge on any atom is 0.227 e. The molecular formula is C15H29N3O2. The molecule has 1 heterocycles. The summed E-state index contributed by atoms with van der Waals surface area (Å²) in [5, 5.41) is 9.01. The van der Waals surface area contributed by atoms with Crippen molar-refractivity contribution in [2.24, 2.45) is 17.6 Å². The lowest BCUT2D eigenvalue weighted by Crippen LogP contribution is -2.49. The molecule has 0 aromatic carbocycles. The molecule has 1 amide bonds. The van der Waals surface area contributed by atoms with Gasteiger partial charge in [-0.15, -0.1) is 0 Å². The van der Waals surface area contributed by atoms with Crippen molar-refractivity contribution in [1.82, 2.24) is 9.80 Å². The van der Waals surface area contributed by atoms with Crippen LogP contribution in [0.2, 0.25) is 0 Å². The maximum atomic E-state index is 12.7. The predicted molar refractivity (Wildman–Crippen MR) is 79.2 cm³/mol. The van der Waals surface area contributed by atoms with Gasteiger partial charge < -0.3 is 15.7 Å². The molecule has 0 bridgehead atoms. The van der Waals surface area contributed by atoms with Crippen LogP contribution in [0, 0.1) is 11.8 Å². The number of carbonyl (C=O) groups is 1. The number of nitrogens with zero attached hydrogens (tertiary/aromatic N) is 2. The molecule has 1 aliphatic carbocycles. The normalized spacial score (nSPS) is 33.0. The monoisotopic (exact) mass is 283 g/mol. The first-order valence-corrected chi connectivity index (χ1v) is 8.01. The minimum Gasteiger partial charge on any atom is -0.395 e. The van der Waals surface area contributed by atoms with Gasteiger partial charge in [-0.05, 0) is 31.7 Å². The summed E-state index contributed by atoms with van der Waals surface area (Å²) < 4.78 is 0. The van der Waals surface area contributed by atoms with Crippen LogP contribution in [0.15, 0.2) is 0 Å². The van der Waals surface area contributed by atoms with Crippen molar-refractivity contribution in [3.63, 3.8) is 0 Å². The Bertz CT molecular complexity index is 324. The van der Waals surface area contributed by atoms with Crippen LogP contribution < -0.4 is 5.73 Å². The summed E-state index contributed by atoms with van der Waals surface area (Å²) in [4.78, 5) is 16.9. The quantitative estimate of drug-likeness (QED) is 0.780. The summed E-state index contributed by atoms with van der Waals surface area (Å²) in [5.74, 6) is 0.730. The highest BCUT2D eigenvalue weighted by molar-refractivity contribution is 5.79. The second kappa shape index (κ2) is 7.38. The van der Waals surface area contributed by atoms with E-state index in [-0.39, 0.29) is 24.5 Å². The van der Waals surface area contributed by atoms with Crippen LogP contribution in [-0.4, -0.2) is 66.2 Å². The van der Waals surface area contributed by atoms with Crippen LogP contribution in [0.4, 0.5) is 0 Å². The van der Waals surface area contributed by atoms with Crippen LogP contribution in [0.3, 0.4) is 0 Å². The number of rotatable bonds is 3. The number of carbonyl (C=O) groups excluding carboxylic acids is 1. The fourth-order valence-corrected chi connectivity index (χ4v) is 3.52. The van der Waals surface area contributed by atoms with E-state index in [1.807, 2.05) is 4.90 Å². The van der Waals surface area contributed by atoms with Crippen molar-refractivity contribution in [1.29, 1.82) is 0 Å². The minimum absolute atomic E-state index is 0.0168. The summed E-state index contributed by atoms with van der Waals surface area (Å²) in [6, 6.07) is 0.0213. The Morgan fingerprint density at radius 1 is 1.20 bits per heavy atom. The molecule has 3 atom stereocenters. The van der Waals surface area contributed by atoms with E-state index >= 15 is 0 Å². The third kappa shape index (κ3) is 3.71. The minimum atomic E-state index is 0.0168. The Morgan fingerprint density at radius 2 is 2.00 bits per heavy atom. The van der Waals surface area contributed by atoms with Gasteiger partial charge in [0, 0.05) is 32.2 Å². The van der Waals surface area contributed by atoms with Crippen molar-refractivity contribution in [3.8, 4) is 0 Å². The Hall–Kier alpha value is -0.650. The molecule has 116 valence electrons. The van der Waals surface area contributed by atoms with Crippen molar-refractivity contribution in [2.75, 3.05) is 39.3 Å². The molecule has 2 fully saturated rings. The van der Waals surface area contributed by atoms with Gasteiger partial charge in [0.15, 0.2) is 0 Å². The van der Waals surface area contributed by atoms with E-state index in [9.17, 15) is 4.79 Å². The molecule has 5 nitrogen and oxygen atoms in total. The van der Waals surface area contributed by atoms with Gasteiger partial charge in [0.05, 0.1) is 12.5 Å². The molecule has 0 spiro atoms. The average Bonchev–Trinajstić information content (AvgIpc) is 2.67. The molecule has 1 aliphatic heterocycles. The Morgan fingerprint density at radius 3 is 2.75 bits per heavy atom. The Labute approximate surface area is 122 Å². The zero-order chi connectivity index (χ0) is 14.5. The average molecular weight is 283 g/mol. The number of aliphatic hydroxyl groups is 1. The van der Waals surface area contributed by atoms with Crippen molar-refractivity contribution < 1.29 is 9.90 Å². The highest BCUT2D eigenvalue weighted by atomic mass is 16.3. The van der Waals surface area contributed by atoms with E-state index < -0.39 is 0 Å². The lowest BCUT2D eigenvalue weighted by Gasteiger charge is -2.36. The standard InChI is InChI=1S/C15H29N3O2/c1-12-4-2-5-13(14(12)16)15(20)18-7-3-6-17(8-9-18)10-11-19/h12-14,19H,2-11,16H2,1H3. The van der Waals surface area contributed by atoms with E-state index in [1.54, 1.807) is 0 Å². The van der Waals surface area contributed by atoms with Gasteiger partial charge in [-0.25, -0.2) is 0 Å². The van der Waals surface area contributed by atoms with E-state index in [0.717, 1.165) is 51.9 Å². The van der Waals surface area contributed by atoms with E-state index in [4.69, 9.17) is 10.8 Å². The molecule has 0 radical (unpaired) electrons. The molecule has 1 saturated carbocycles. The molecule has 0 aromatic heterocycles. The van der Waals surface area contributed by atoms with Crippen molar-refractivity contribution in [2.45, 2.75) is 38.6 Å². The topological polar surface area (TPSA) is 69.8 Å². The SMILES string of the molecule is CC1CCCC(C(=O)N2CCCN(CCO)CC2)C1N. The van der Waals surface area contributed by atoms with Crippen LogP contribution >= 0.6 is 0 Å². The molecule has 2 rings (SSSR count). The molecule has 0 aromatic rings. The van der Waals surface area contributed by atoms with Crippen LogP contribution in [0.1, 0.15) is 32.6 Å². The highest BCUT2D eigenvalue weighted by Gasteiger charge is 2.35. The highest BCUT2D eigenvalue weighted by Crippen LogP contribution is 2.29. The number of nitrogens with two attached hydrogens (primary N) is 1. The third-order valence-corrected chi connectivity index (χ3v) is 4.93. The Balaban J connectivity index is 1.91. The summed E-state index contributed by atoms with van der Waals surface area (Å²) in [7, 11) is 0. The third-order valence-electron chi connectivity index (χ3n) is 4.93. The van der Waals surface area contributed by atoms with E-state index in [1.165, 1.54) is 0 Å². The molecule has 2 aliphatic rings. The van der Waals surface area contributed by atoms with Crippen molar-refractivity contribution >= 4 is 5.91 Å². The molecular weight excluding hydrogens is 254 g/mol. The van der Waals surface area contributed by atoms with E-state index in [2.05, 4.69) is 11.8 Å². The van der Waals surface area contributed by atoms with Gasteiger partial charge in [-0.2, -0.15) is 0 Å². The molecule has 3 N–H and O–H groups in total. The molecule has 5 heteroatoms. The smallest absolute Gasteiger partial charge is 0.227 e. The van der Waals surface area contributed by atoms with Gasteiger partial charge in [0.2, 0.25) is 5.91 Å². The van der Waals surface area contributed by atoms with E-state index in [0.29, 0.717) is 12.5 Å². The summed E-state index contributed by atoms with van der Waals surface area (Å²) >= 11 is 0. The van der Waals surface area contributed by atoms with Gasteiger partial charge in [0.25, 0.3) is 0 Å². The number of hydrogen-bond acceptors (Lipinski definition) is 4. The summed E-state index contributed by atoms with van der Waals surface area (Å²) in [6.07, 6.45) is 4.20. The van der Waals surface area contributed by atoms with Gasteiger partial charge in [0.1, 0.15) is 0 Å². The van der Waals surface area contributed by atoms with Crippen LogP contribution in [0.5, 0.6) is 0 Å². The summed E-state index contributed by atoms with van der Waals surface area (Å²) in [5.41, 5.74) is 6.25. The van der Waals surface area contributed by atoms with Crippen molar-refractivity contribution in [3.05, 3.63) is 0 Å². The fourth-order valence-electron chi connectivity index (χ4n) is 3.52. The first kappa shape index (κ1) is 15.7. The summed E-state index contributed by atoms with van der Waals surface area (Å²) in [6.45, 7) is 6.51. The van der Waals surface area contributed by atoms with Gasteiger partial charge in [-0.1, -0.05) is 13.3 Å². The molecule has 20 heavy (non-hydrogen) atoms. The second-order valence-electron chi connectivity index (χ2n) is 6.34.